The van der Waals surface area contributed by atoms with E-state index in [-0.39, 0.29) is 5.54 Å². The summed E-state index contributed by atoms with van der Waals surface area (Å²) >= 11 is 6.05. The van der Waals surface area contributed by atoms with Crippen molar-refractivity contribution in [2.45, 2.75) is 31.2 Å². The van der Waals surface area contributed by atoms with Gasteiger partial charge in [0.15, 0.2) is 0 Å². The standard InChI is InChI=1S/C17H22ClN3/c1-21(2)17(8-3-4-9-17)12-20-15-7-10-19-16-11-13(18)5-6-14(15)16/h5-7,10-11H,3-4,8-9,12H2,1-2H3,(H,19,20). The molecule has 0 bridgehead atoms. The predicted molar refractivity (Wildman–Crippen MR) is 90.1 cm³/mol. The molecule has 0 amide bonds. The first kappa shape index (κ1) is 14.6. The number of anilines is 1. The Bertz CT molecular complexity index is 633. The van der Waals surface area contributed by atoms with Crippen molar-refractivity contribution in [3.05, 3.63) is 35.5 Å². The van der Waals surface area contributed by atoms with Crippen LogP contribution in [0.5, 0.6) is 0 Å². The van der Waals surface area contributed by atoms with Gasteiger partial charge in [-0.2, -0.15) is 0 Å². The fourth-order valence-electron chi connectivity index (χ4n) is 3.35. The van der Waals surface area contributed by atoms with Crippen LogP contribution in [0.1, 0.15) is 25.7 Å². The minimum atomic E-state index is 0.280. The van der Waals surface area contributed by atoms with E-state index in [4.69, 9.17) is 11.6 Å². The van der Waals surface area contributed by atoms with E-state index in [0.29, 0.717) is 0 Å². The third kappa shape index (κ3) is 2.85. The van der Waals surface area contributed by atoms with Crippen molar-refractivity contribution in [2.75, 3.05) is 26.0 Å². The van der Waals surface area contributed by atoms with E-state index < -0.39 is 0 Å². The van der Waals surface area contributed by atoms with E-state index in [1.165, 1.54) is 25.7 Å². The van der Waals surface area contributed by atoms with E-state index in [2.05, 4.69) is 35.4 Å². The van der Waals surface area contributed by atoms with Gasteiger partial charge in [-0.15, -0.1) is 0 Å². The molecular weight excluding hydrogens is 282 g/mol. The smallest absolute Gasteiger partial charge is 0.0737 e. The fraction of sp³-hybridized carbons (Fsp3) is 0.471. The van der Waals surface area contributed by atoms with E-state index in [0.717, 1.165) is 28.2 Å². The van der Waals surface area contributed by atoms with Gasteiger partial charge in [0.2, 0.25) is 0 Å². The second-order valence-corrected chi connectivity index (χ2v) is 6.64. The zero-order chi connectivity index (χ0) is 14.9. The van der Waals surface area contributed by atoms with Crippen LogP contribution in [0.25, 0.3) is 10.9 Å². The Hall–Kier alpha value is -1.32. The van der Waals surface area contributed by atoms with Crippen molar-refractivity contribution in [2.24, 2.45) is 0 Å². The molecule has 2 aromatic rings. The monoisotopic (exact) mass is 303 g/mol. The van der Waals surface area contributed by atoms with Gasteiger partial charge in [0.05, 0.1) is 5.52 Å². The molecule has 1 saturated carbocycles. The molecule has 21 heavy (non-hydrogen) atoms. The van der Waals surface area contributed by atoms with Gasteiger partial charge < -0.3 is 10.2 Å². The predicted octanol–water partition coefficient (Wildman–Crippen LogP) is 4.17. The van der Waals surface area contributed by atoms with Gasteiger partial charge in [0.25, 0.3) is 0 Å². The Morgan fingerprint density at radius 2 is 2.00 bits per heavy atom. The number of likely N-dealkylation sites (N-methyl/N-ethyl adjacent to an activating group) is 1. The highest BCUT2D eigenvalue weighted by molar-refractivity contribution is 6.31. The lowest BCUT2D eigenvalue weighted by molar-refractivity contribution is 0.172. The Labute approximate surface area is 131 Å². The Morgan fingerprint density at radius 3 is 2.71 bits per heavy atom. The number of aromatic nitrogens is 1. The van der Waals surface area contributed by atoms with Gasteiger partial charge in [0, 0.05) is 34.4 Å². The summed E-state index contributed by atoms with van der Waals surface area (Å²) in [6.07, 6.45) is 7.03. The number of nitrogens with zero attached hydrogens (tertiary/aromatic N) is 2. The third-order valence-electron chi connectivity index (χ3n) is 4.80. The van der Waals surface area contributed by atoms with Crippen molar-refractivity contribution in [1.82, 2.24) is 9.88 Å². The summed E-state index contributed by atoms with van der Waals surface area (Å²) in [5, 5.41) is 5.51. The van der Waals surface area contributed by atoms with Gasteiger partial charge in [-0.3, -0.25) is 4.98 Å². The maximum absolute atomic E-state index is 6.05. The Kier molecular flexibility index (Phi) is 4.05. The summed E-state index contributed by atoms with van der Waals surface area (Å²) in [5.41, 5.74) is 2.37. The SMILES string of the molecule is CN(C)C1(CNc2ccnc3cc(Cl)ccc23)CCCC1. The molecule has 3 nitrogen and oxygen atoms in total. The van der Waals surface area contributed by atoms with Crippen LogP contribution in [0.3, 0.4) is 0 Å². The molecule has 4 heteroatoms. The molecule has 0 spiro atoms. The molecule has 0 aliphatic heterocycles. The topological polar surface area (TPSA) is 28.2 Å². The molecule has 1 heterocycles. The molecule has 1 aliphatic carbocycles. The van der Waals surface area contributed by atoms with Crippen LogP contribution in [0.15, 0.2) is 30.5 Å². The Balaban J connectivity index is 1.85. The summed E-state index contributed by atoms with van der Waals surface area (Å²) in [4.78, 5) is 6.78. The number of pyridine rings is 1. The van der Waals surface area contributed by atoms with Gasteiger partial charge in [0.1, 0.15) is 0 Å². The maximum atomic E-state index is 6.05. The van der Waals surface area contributed by atoms with Gasteiger partial charge in [-0.05, 0) is 51.2 Å². The molecule has 0 radical (unpaired) electrons. The summed E-state index contributed by atoms with van der Waals surface area (Å²) in [5.74, 6) is 0. The molecule has 1 aromatic heterocycles. The quantitative estimate of drug-likeness (QED) is 0.918. The lowest BCUT2D eigenvalue weighted by Crippen LogP contribution is -2.47. The molecule has 0 atom stereocenters. The van der Waals surface area contributed by atoms with Crippen LogP contribution in [0.2, 0.25) is 5.02 Å². The van der Waals surface area contributed by atoms with Crippen LogP contribution >= 0.6 is 11.6 Å². The average Bonchev–Trinajstić information content (AvgIpc) is 2.95. The van der Waals surface area contributed by atoms with Crippen molar-refractivity contribution >= 4 is 28.2 Å². The lowest BCUT2D eigenvalue weighted by Gasteiger charge is -2.37. The van der Waals surface area contributed by atoms with E-state index in [1.54, 1.807) is 0 Å². The largest absolute Gasteiger partial charge is 0.383 e. The summed E-state index contributed by atoms with van der Waals surface area (Å²) in [7, 11) is 4.38. The van der Waals surface area contributed by atoms with E-state index >= 15 is 0 Å². The number of rotatable bonds is 4. The molecule has 1 N–H and O–H groups in total. The van der Waals surface area contributed by atoms with Crippen molar-refractivity contribution in [1.29, 1.82) is 0 Å². The molecular formula is C17H22ClN3. The zero-order valence-corrected chi connectivity index (χ0v) is 13.5. The molecule has 1 aliphatic rings. The van der Waals surface area contributed by atoms with Gasteiger partial charge in [-0.1, -0.05) is 24.4 Å². The number of fused-ring (bicyclic) bond motifs is 1. The number of hydrogen-bond donors (Lipinski definition) is 1. The summed E-state index contributed by atoms with van der Waals surface area (Å²) in [6, 6.07) is 7.94. The van der Waals surface area contributed by atoms with Crippen molar-refractivity contribution in [3.63, 3.8) is 0 Å². The van der Waals surface area contributed by atoms with E-state index in [1.807, 2.05) is 24.4 Å². The van der Waals surface area contributed by atoms with Crippen LogP contribution in [0.4, 0.5) is 5.69 Å². The number of hydrogen-bond acceptors (Lipinski definition) is 3. The second-order valence-electron chi connectivity index (χ2n) is 6.20. The molecule has 0 unspecified atom stereocenters. The minimum absolute atomic E-state index is 0.280. The first-order valence-corrected chi connectivity index (χ1v) is 7.94. The maximum Gasteiger partial charge on any atom is 0.0737 e. The zero-order valence-electron chi connectivity index (χ0n) is 12.7. The fourth-order valence-corrected chi connectivity index (χ4v) is 3.52. The molecule has 3 rings (SSSR count). The summed E-state index contributed by atoms with van der Waals surface area (Å²) in [6.45, 7) is 0.974. The van der Waals surface area contributed by atoms with Crippen LogP contribution in [-0.2, 0) is 0 Å². The highest BCUT2D eigenvalue weighted by Gasteiger charge is 2.35. The van der Waals surface area contributed by atoms with Gasteiger partial charge >= 0.3 is 0 Å². The first-order chi connectivity index (χ1) is 10.1. The average molecular weight is 304 g/mol. The van der Waals surface area contributed by atoms with E-state index in [9.17, 15) is 0 Å². The Morgan fingerprint density at radius 1 is 1.24 bits per heavy atom. The molecule has 1 aromatic carbocycles. The van der Waals surface area contributed by atoms with Gasteiger partial charge in [-0.25, -0.2) is 0 Å². The number of benzene rings is 1. The molecule has 112 valence electrons. The first-order valence-electron chi connectivity index (χ1n) is 7.56. The lowest BCUT2D eigenvalue weighted by atomic mass is 9.96. The summed E-state index contributed by atoms with van der Waals surface area (Å²) < 4.78 is 0. The van der Waals surface area contributed by atoms with Crippen molar-refractivity contribution in [3.8, 4) is 0 Å². The highest BCUT2D eigenvalue weighted by Crippen LogP contribution is 2.34. The van der Waals surface area contributed by atoms with Crippen LogP contribution in [-0.4, -0.2) is 36.1 Å². The minimum Gasteiger partial charge on any atom is -0.383 e. The normalized spacial score (nSPS) is 17.5. The third-order valence-corrected chi connectivity index (χ3v) is 5.03. The number of halogens is 1. The highest BCUT2D eigenvalue weighted by atomic mass is 35.5. The number of nitrogens with one attached hydrogen (secondary N) is 1. The van der Waals surface area contributed by atoms with Crippen LogP contribution in [0, 0.1) is 0 Å². The van der Waals surface area contributed by atoms with Crippen LogP contribution < -0.4 is 5.32 Å². The molecule has 0 saturated heterocycles. The molecule has 1 fully saturated rings. The second kappa shape index (κ2) is 5.82. The van der Waals surface area contributed by atoms with Crippen molar-refractivity contribution < 1.29 is 0 Å².